The fourth-order valence-corrected chi connectivity index (χ4v) is 5.18. The minimum absolute atomic E-state index is 0.136. The van der Waals surface area contributed by atoms with Crippen LogP contribution in [0.25, 0.3) is 0 Å². The smallest absolute Gasteiger partial charge is 0.222 e. The molecule has 0 unspecified atom stereocenters. The van der Waals surface area contributed by atoms with Crippen LogP contribution in [0, 0.1) is 5.92 Å². The maximum atomic E-state index is 12.2. The Kier molecular flexibility index (Phi) is 4.04. The van der Waals surface area contributed by atoms with Crippen molar-refractivity contribution in [3.05, 3.63) is 0 Å². The molecule has 3 fully saturated rings. The molecule has 0 aromatic heterocycles. The highest BCUT2D eigenvalue weighted by Crippen LogP contribution is 2.32. The van der Waals surface area contributed by atoms with E-state index in [-0.39, 0.29) is 11.2 Å². The van der Waals surface area contributed by atoms with Crippen molar-refractivity contribution < 1.29 is 13.2 Å². The van der Waals surface area contributed by atoms with Gasteiger partial charge in [0.05, 0.1) is 5.25 Å². The van der Waals surface area contributed by atoms with Crippen LogP contribution >= 0.6 is 0 Å². The molecule has 0 N–H and O–H groups in total. The zero-order chi connectivity index (χ0) is 14.2. The third-order valence-electron chi connectivity index (χ3n) is 4.83. The van der Waals surface area contributed by atoms with Crippen LogP contribution in [-0.2, 0) is 14.8 Å². The van der Waals surface area contributed by atoms with Crippen molar-refractivity contribution in [1.82, 2.24) is 9.21 Å². The highest BCUT2D eigenvalue weighted by Gasteiger charge is 2.41. The third kappa shape index (κ3) is 3.01. The summed E-state index contributed by atoms with van der Waals surface area (Å²) < 4.78 is 25.8. The second-order valence-corrected chi connectivity index (χ2v) is 8.59. The lowest BCUT2D eigenvalue weighted by molar-refractivity contribution is -0.133. The first kappa shape index (κ1) is 14.3. The fourth-order valence-electron chi connectivity index (χ4n) is 3.36. The van der Waals surface area contributed by atoms with Gasteiger partial charge in [0.25, 0.3) is 0 Å². The number of piperazine rings is 1. The van der Waals surface area contributed by atoms with Gasteiger partial charge in [0, 0.05) is 32.6 Å². The van der Waals surface area contributed by atoms with E-state index in [1.54, 1.807) is 4.31 Å². The number of amides is 1. The molecule has 6 heteroatoms. The summed E-state index contributed by atoms with van der Waals surface area (Å²) in [6, 6.07) is 0. The maximum Gasteiger partial charge on any atom is 0.222 e. The zero-order valence-corrected chi connectivity index (χ0v) is 12.8. The molecular weight excluding hydrogens is 276 g/mol. The summed E-state index contributed by atoms with van der Waals surface area (Å²) in [6.45, 7) is 2.10. The van der Waals surface area contributed by atoms with Crippen molar-refractivity contribution in [3.63, 3.8) is 0 Å². The van der Waals surface area contributed by atoms with Crippen molar-refractivity contribution in [2.45, 2.75) is 50.2 Å². The van der Waals surface area contributed by atoms with E-state index in [0.717, 1.165) is 12.8 Å². The van der Waals surface area contributed by atoms with Crippen LogP contribution in [0.3, 0.4) is 0 Å². The summed E-state index contributed by atoms with van der Waals surface area (Å²) in [6.07, 6.45) is 7.15. The molecule has 1 aliphatic heterocycles. The van der Waals surface area contributed by atoms with E-state index in [1.807, 2.05) is 4.90 Å². The highest BCUT2D eigenvalue weighted by atomic mass is 32.2. The maximum absolute atomic E-state index is 12.2. The van der Waals surface area contributed by atoms with Crippen LogP contribution < -0.4 is 0 Å². The van der Waals surface area contributed by atoms with Crippen LogP contribution in [0.5, 0.6) is 0 Å². The number of hydrogen-bond donors (Lipinski definition) is 0. The Bertz CT molecular complexity index is 459. The van der Waals surface area contributed by atoms with Gasteiger partial charge in [-0.15, -0.1) is 0 Å². The third-order valence-corrected chi connectivity index (χ3v) is 7.23. The van der Waals surface area contributed by atoms with E-state index in [1.165, 1.54) is 25.7 Å². The molecular formula is C14H24N2O3S. The molecule has 1 amide bonds. The van der Waals surface area contributed by atoms with Crippen LogP contribution in [-0.4, -0.2) is 55.0 Å². The van der Waals surface area contributed by atoms with Crippen molar-refractivity contribution >= 4 is 15.9 Å². The molecule has 0 spiro atoms. The average Bonchev–Trinajstić information content (AvgIpc) is 3.19. The Balaban J connectivity index is 1.49. The number of carbonyl (C=O) groups excluding carboxylic acids is 1. The Morgan fingerprint density at radius 2 is 1.55 bits per heavy atom. The summed E-state index contributed by atoms with van der Waals surface area (Å²) in [4.78, 5) is 14.1. The summed E-state index contributed by atoms with van der Waals surface area (Å²) >= 11 is 0. The fraction of sp³-hybridized carbons (Fsp3) is 0.929. The molecule has 2 saturated carbocycles. The molecule has 0 bridgehead atoms. The summed E-state index contributed by atoms with van der Waals surface area (Å²) in [5, 5.41) is -0.136. The molecule has 3 aliphatic rings. The molecule has 20 heavy (non-hydrogen) atoms. The van der Waals surface area contributed by atoms with Gasteiger partial charge in [0.15, 0.2) is 0 Å². The van der Waals surface area contributed by atoms with Gasteiger partial charge in [-0.3, -0.25) is 4.79 Å². The van der Waals surface area contributed by atoms with Crippen molar-refractivity contribution in [2.75, 3.05) is 26.2 Å². The highest BCUT2D eigenvalue weighted by molar-refractivity contribution is 7.90. The van der Waals surface area contributed by atoms with Gasteiger partial charge in [-0.2, -0.15) is 4.31 Å². The Labute approximate surface area is 121 Å². The molecule has 0 aromatic carbocycles. The number of nitrogens with zero attached hydrogens (tertiary/aromatic N) is 2. The molecule has 1 heterocycles. The molecule has 2 aliphatic carbocycles. The van der Waals surface area contributed by atoms with Crippen LogP contribution in [0.2, 0.25) is 0 Å². The molecule has 1 saturated heterocycles. The van der Waals surface area contributed by atoms with Gasteiger partial charge in [-0.1, -0.05) is 12.8 Å². The second kappa shape index (κ2) is 5.64. The molecule has 114 valence electrons. The minimum Gasteiger partial charge on any atom is -0.340 e. The first-order valence-electron chi connectivity index (χ1n) is 7.84. The second-order valence-electron chi connectivity index (χ2n) is 6.38. The minimum atomic E-state index is -3.06. The van der Waals surface area contributed by atoms with E-state index in [0.29, 0.717) is 38.5 Å². The lowest BCUT2D eigenvalue weighted by atomic mass is 10.0. The van der Waals surface area contributed by atoms with Crippen LogP contribution in [0.1, 0.15) is 44.9 Å². The number of carbonyl (C=O) groups is 1. The standard InChI is InChI=1S/C14H24N2O3S/c17-14(11-12-3-1-2-4-12)15-7-9-16(10-8-15)20(18,19)13-5-6-13/h12-13H,1-11H2. The summed E-state index contributed by atoms with van der Waals surface area (Å²) in [7, 11) is -3.06. The van der Waals surface area contributed by atoms with E-state index in [9.17, 15) is 13.2 Å². The number of sulfonamides is 1. The normalized spacial score (nSPS) is 26.1. The largest absolute Gasteiger partial charge is 0.340 e. The summed E-state index contributed by atoms with van der Waals surface area (Å²) in [5.41, 5.74) is 0. The molecule has 0 aromatic rings. The van der Waals surface area contributed by atoms with Crippen LogP contribution in [0.15, 0.2) is 0 Å². The molecule has 3 rings (SSSR count). The van der Waals surface area contributed by atoms with Crippen molar-refractivity contribution in [1.29, 1.82) is 0 Å². The lowest BCUT2D eigenvalue weighted by Gasteiger charge is -2.34. The van der Waals surface area contributed by atoms with Gasteiger partial charge in [0.2, 0.25) is 15.9 Å². The number of rotatable bonds is 4. The monoisotopic (exact) mass is 300 g/mol. The zero-order valence-electron chi connectivity index (χ0n) is 12.0. The molecule has 5 nitrogen and oxygen atoms in total. The molecule has 0 atom stereocenters. The van der Waals surface area contributed by atoms with Gasteiger partial charge >= 0.3 is 0 Å². The average molecular weight is 300 g/mol. The Hall–Kier alpha value is -0.620. The van der Waals surface area contributed by atoms with E-state index < -0.39 is 10.0 Å². The number of hydrogen-bond acceptors (Lipinski definition) is 3. The van der Waals surface area contributed by atoms with E-state index in [2.05, 4.69) is 0 Å². The predicted molar refractivity (Wildman–Crippen MR) is 76.7 cm³/mol. The van der Waals surface area contributed by atoms with E-state index >= 15 is 0 Å². The van der Waals surface area contributed by atoms with Gasteiger partial charge in [0.1, 0.15) is 0 Å². The quantitative estimate of drug-likeness (QED) is 0.784. The Morgan fingerprint density at radius 3 is 2.10 bits per heavy atom. The Morgan fingerprint density at radius 1 is 0.950 bits per heavy atom. The topological polar surface area (TPSA) is 57.7 Å². The van der Waals surface area contributed by atoms with Gasteiger partial charge < -0.3 is 4.90 Å². The lowest BCUT2D eigenvalue weighted by Crippen LogP contribution is -2.51. The van der Waals surface area contributed by atoms with Gasteiger partial charge in [-0.05, 0) is 31.6 Å². The summed E-state index contributed by atoms with van der Waals surface area (Å²) in [5.74, 6) is 0.788. The molecule has 0 radical (unpaired) electrons. The van der Waals surface area contributed by atoms with Crippen molar-refractivity contribution in [3.8, 4) is 0 Å². The predicted octanol–water partition coefficient (Wildman–Crippen LogP) is 1.20. The van der Waals surface area contributed by atoms with Gasteiger partial charge in [-0.25, -0.2) is 8.42 Å². The van der Waals surface area contributed by atoms with Crippen molar-refractivity contribution in [2.24, 2.45) is 5.92 Å². The van der Waals surface area contributed by atoms with Crippen LogP contribution in [0.4, 0.5) is 0 Å². The first-order valence-corrected chi connectivity index (χ1v) is 9.34. The first-order chi connectivity index (χ1) is 9.57. The van der Waals surface area contributed by atoms with E-state index in [4.69, 9.17) is 0 Å². The SMILES string of the molecule is O=C(CC1CCCC1)N1CCN(S(=O)(=O)C2CC2)CC1.